The molecule has 2 heterocycles. The van der Waals surface area contributed by atoms with Crippen molar-refractivity contribution in [3.05, 3.63) is 60.3 Å². The van der Waals surface area contributed by atoms with E-state index < -0.39 is 0 Å². The van der Waals surface area contributed by atoms with E-state index in [1.165, 1.54) is 6.33 Å². The first-order valence-electron chi connectivity index (χ1n) is 7.76. The highest BCUT2D eigenvalue weighted by molar-refractivity contribution is 5.77. The van der Waals surface area contributed by atoms with E-state index in [0.717, 1.165) is 22.3 Å². The number of nitrogens with zero attached hydrogens (tertiary/aromatic N) is 3. The number of carbonyl (C=O) groups excluding carboxylic acids is 1. The zero-order valence-corrected chi connectivity index (χ0v) is 14.5. The summed E-state index contributed by atoms with van der Waals surface area (Å²) in [6.07, 6.45) is 5.57. The van der Waals surface area contributed by atoms with Crippen molar-refractivity contribution in [1.82, 2.24) is 20.3 Å². The Hall–Kier alpha value is -3.12. The molecule has 0 amide bonds. The first-order valence-corrected chi connectivity index (χ1v) is 7.76. The average Bonchev–Trinajstić information content (AvgIpc) is 2.64. The lowest BCUT2D eigenvalue weighted by atomic mass is 9.99. The van der Waals surface area contributed by atoms with Crippen molar-refractivity contribution in [3.63, 3.8) is 0 Å². The van der Waals surface area contributed by atoms with Crippen molar-refractivity contribution in [2.45, 2.75) is 6.92 Å². The van der Waals surface area contributed by atoms with E-state index >= 15 is 0 Å². The Bertz CT molecular complexity index is 864. The number of aromatic nitrogens is 3. The second-order valence-corrected chi connectivity index (χ2v) is 5.48. The molecule has 3 N–H and O–H groups in total. The van der Waals surface area contributed by atoms with Crippen molar-refractivity contribution >= 4 is 12.0 Å². The third-order valence-electron chi connectivity index (χ3n) is 3.42. The number of aryl methyl sites for hydroxylation is 1. The van der Waals surface area contributed by atoms with Gasteiger partial charge in [0.15, 0.2) is 6.29 Å². The number of pyridine rings is 1. The van der Waals surface area contributed by atoms with Crippen LogP contribution in [-0.2, 0) is 0 Å². The van der Waals surface area contributed by atoms with Gasteiger partial charge in [0.25, 0.3) is 0 Å². The van der Waals surface area contributed by atoms with Crippen LogP contribution >= 0.6 is 0 Å². The van der Waals surface area contributed by atoms with E-state index in [0.29, 0.717) is 23.4 Å². The van der Waals surface area contributed by atoms with Gasteiger partial charge in [-0.25, -0.2) is 9.97 Å². The molecule has 0 atom stereocenters. The van der Waals surface area contributed by atoms with Crippen LogP contribution in [0.2, 0.25) is 0 Å². The minimum atomic E-state index is 0.343. The van der Waals surface area contributed by atoms with E-state index in [2.05, 4.69) is 20.3 Å². The van der Waals surface area contributed by atoms with E-state index in [1.54, 1.807) is 18.5 Å². The third-order valence-corrected chi connectivity index (χ3v) is 3.42. The molecule has 6 nitrogen and oxygen atoms in total. The molecule has 0 unspecified atom stereocenters. The van der Waals surface area contributed by atoms with Gasteiger partial charge in [0.2, 0.25) is 0 Å². The Morgan fingerprint density at radius 2 is 1.76 bits per heavy atom. The maximum atomic E-state index is 10.8. The van der Waals surface area contributed by atoms with Gasteiger partial charge >= 0.3 is 0 Å². The normalized spacial score (nSPS) is 9.88. The average molecular weight is 335 g/mol. The standard InChI is InChI=1S/C17H14N4O.C2H7N/c1-11-2-3-14(18)5-16(11)12-4-13(8-19-7-12)17-6-15(9-22)20-10-21-17;1-3-2/h2-10H,18H2,1H3;3H,1-2H3. The molecule has 0 fully saturated rings. The Balaban J connectivity index is 0.000000701. The summed E-state index contributed by atoms with van der Waals surface area (Å²) in [6.45, 7) is 2.02. The zero-order valence-electron chi connectivity index (χ0n) is 14.5. The highest BCUT2D eigenvalue weighted by Gasteiger charge is 2.07. The zero-order chi connectivity index (χ0) is 18.2. The SMILES string of the molecule is CNC.Cc1ccc(N)cc1-c1cncc(-c2cc(C=O)ncn2)c1. The Morgan fingerprint density at radius 1 is 1.04 bits per heavy atom. The summed E-state index contributed by atoms with van der Waals surface area (Å²) < 4.78 is 0. The first-order chi connectivity index (χ1) is 12.1. The quantitative estimate of drug-likeness (QED) is 0.564. The van der Waals surface area contributed by atoms with E-state index in [9.17, 15) is 4.79 Å². The topological polar surface area (TPSA) is 93.8 Å². The van der Waals surface area contributed by atoms with Gasteiger partial charge in [0.1, 0.15) is 12.0 Å². The van der Waals surface area contributed by atoms with Crippen molar-refractivity contribution in [2.75, 3.05) is 19.8 Å². The Labute approximate surface area is 147 Å². The first kappa shape index (κ1) is 18.2. The number of rotatable bonds is 3. The van der Waals surface area contributed by atoms with Crippen molar-refractivity contribution in [1.29, 1.82) is 0 Å². The van der Waals surface area contributed by atoms with Gasteiger partial charge in [0.05, 0.1) is 5.69 Å². The molecule has 3 aromatic rings. The van der Waals surface area contributed by atoms with Crippen LogP contribution in [0.15, 0.2) is 49.1 Å². The molecule has 128 valence electrons. The molecule has 0 bridgehead atoms. The molecule has 0 aliphatic carbocycles. The largest absolute Gasteiger partial charge is 0.399 e. The van der Waals surface area contributed by atoms with Crippen LogP contribution in [0.25, 0.3) is 22.4 Å². The lowest BCUT2D eigenvalue weighted by Crippen LogP contribution is -1.93. The fourth-order valence-electron chi connectivity index (χ4n) is 2.27. The second-order valence-electron chi connectivity index (χ2n) is 5.48. The molecule has 0 spiro atoms. The molecule has 0 saturated carbocycles. The number of hydrogen-bond donors (Lipinski definition) is 2. The van der Waals surface area contributed by atoms with Crippen LogP contribution < -0.4 is 11.1 Å². The number of aldehydes is 1. The van der Waals surface area contributed by atoms with Crippen LogP contribution in [0.5, 0.6) is 0 Å². The number of nitrogens with two attached hydrogens (primary N) is 1. The predicted molar refractivity (Wildman–Crippen MR) is 100 cm³/mol. The van der Waals surface area contributed by atoms with Crippen LogP contribution in [0.3, 0.4) is 0 Å². The summed E-state index contributed by atoms with van der Waals surface area (Å²) in [5.41, 5.74) is 11.5. The minimum Gasteiger partial charge on any atom is -0.399 e. The van der Waals surface area contributed by atoms with E-state index in [4.69, 9.17) is 5.73 Å². The summed E-state index contributed by atoms with van der Waals surface area (Å²) >= 11 is 0. The monoisotopic (exact) mass is 335 g/mol. The fourth-order valence-corrected chi connectivity index (χ4v) is 2.27. The summed E-state index contributed by atoms with van der Waals surface area (Å²) in [4.78, 5) is 23.2. The molecule has 0 radical (unpaired) electrons. The maximum Gasteiger partial charge on any atom is 0.168 e. The summed E-state index contributed by atoms with van der Waals surface area (Å²) in [6, 6.07) is 9.39. The van der Waals surface area contributed by atoms with Gasteiger partial charge in [0, 0.05) is 29.2 Å². The number of anilines is 1. The molecule has 0 aliphatic heterocycles. The van der Waals surface area contributed by atoms with Crippen LogP contribution in [0.1, 0.15) is 16.1 Å². The van der Waals surface area contributed by atoms with Crippen LogP contribution in [-0.4, -0.2) is 35.3 Å². The van der Waals surface area contributed by atoms with Crippen molar-refractivity contribution in [3.8, 4) is 22.4 Å². The fraction of sp³-hybridized carbons (Fsp3) is 0.158. The predicted octanol–water partition coefficient (Wildman–Crippen LogP) is 2.74. The summed E-state index contributed by atoms with van der Waals surface area (Å²) in [5.74, 6) is 0. The van der Waals surface area contributed by atoms with Gasteiger partial charge in [-0.1, -0.05) is 6.07 Å². The third kappa shape index (κ3) is 4.68. The second kappa shape index (κ2) is 8.65. The maximum absolute atomic E-state index is 10.8. The Morgan fingerprint density at radius 3 is 2.48 bits per heavy atom. The van der Waals surface area contributed by atoms with Gasteiger partial charge in [-0.2, -0.15) is 0 Å². The number of nitrogen functional groups attached to an aromatic ring is 1. The van der Waals surface area contributed by atoms with Gasteiger partial charge in [-0.15, -0.1) is 0 Å². The lowest BCUT2D eigenvalue weighted by Gasteiger charge is -2.08. The highest BCUT2D eigenvalue weighted by atomic mass is 16.1. The molecule has 1 aromatic carbocycles. The minimum absolute atomic E-state index is 0.343. The van der Waals surface area contributed by atoms with Crippen LogP contribution in [0, 0.1) is 6.92 Å². The van der Waals surface area contributed by atoms with Gasteiger partial charge in [-0.3, -0.25) is 9.78 Å². The molecular weight excluding hydrogens is 314 g/mol. The molecule has 25 heavy (non-hydrogen) atoms. The number of nitrogens with one attached hydrogen (secondary N) is 1. The molecule has 2 aromatic heterocycles. The van der Waals surface area contributed by atoms with Crippen LogP contribution in [0.4, 0.5) is 5.69 Å². The molecule has 0 saturated heterocycles. The van der Waals surface area contributed by atoms with Gasteiger partial charge in [-0.05, 0) is 56.4 Å². The molecule has 6 heteroatoms. The number of carbonyl (C=O) groups is 1. The van der Waals surface area contributed by atoms with Crippen molar-refractivity contribution < 1.29 is 4.79 Å². The highest BCUT2D eigenvalue weighted by Crippen LogP contribution is 2.28. The summed E-state index contributed by atoms with van der Waals surface area (Å²) in [7, 11) is 3.75. The van der Waals surface area contributed by atoms with E-state index in [-0.39, 0.29) is 0 Å². The van der Waals surface area contributed by atoms with Crippen molar-refractivity contribution in [2.24, 2.45) is 0 Å². The Kier molecular flexibility index (Phi) is 6.31. The molecule has 0 aliphatic rings. The number of hydrogen-bond acceptors (Lipinski definition) is 6. The number of benzene rings is 1. The van der Waals surface area contributed by atoms with Gasteiger partial charge < -0.3 is 11.1 Å². The van der Waals surface area contributed by atoms with E-state index in [1.807, 2.05) is 45.3 Å². The lowest BCUT2D eigenvalue weighted by molar-refractivity contribution is 0.111. The molecular formula is C19H21N5O. The smallest absolute Gasteiger partial charge is 0.168 e. The molecule has 3 rings (SSSR count). The summed E-state index contributed by atoms with van der Waals surface area (Å²) in [5, 5.41) is 2.75.